The summed E-state index contributed by atoms with van der Waals surface area (Å²) in [5.41, 5.74) is 12.0. The van der Waals surface area contributed by atoms with E-state index in [9.17, 15) is 18.8 Å². The quantitative estimate of drug-likeness (QED) is 0.334. The SMILES string of the molecule is N#Cc1c(N)nc(N)nc1N1CCC[C@H]1c1nc2c(I)cccc2c(=O)n1-c1cccc(C(F)F)c1. The number of hydrogen-bond donors (Lipinski definition) is 2. The number of nitrogens with zero attached hydrogens (tertiary/aromatic N) is 6. The van der Waals surface area contributed by atoms with Crippen molar-refractivity contribution in [3.8, 4) is 11.8 Å². The predicted octanol–water partition coefficient (Wildman–Crippen LogP) is 4.10. The second-order valence-electron chi connectivity index (χ2n) is 8.27. The van der Waals surface area contributed by atoms with Crippen LogP contribution in [0.5, 0.6) is 0 Å². The van der Waals surface area contributed by atoms with Gasteiger partial charge in [0.15, 0.2) is 5.82 Å². The molecule has 0 saturated carbocycles. The summed E-state index contributed by atoms with van der Waals surface area (Å²) in [5.74, 6) is 0.457. The van der Waals surface area contributed by atoms with Gasteiger partial charge in [-0.3, -0.25) is 9.36 Å². The highest BCUT2D eigenvalue weighted by Gasteiger charge is 2.34. The molecule has 2 aromatic heterocycles. The van der Waals surface area contributed by atoms with Crippen molar-refractivity contribution in [2.45, 2.75) is 25.3 Å². The number of benzene rings is 2. The van der Waals surface area contributed by atoms with Crippen molar-refractivity contribution in [2.75, 3.05) is 22.9 Å². The zero-order valence-corrected chi connectivity index (χ0v) is 20.9. The normalized spacial score (nSPS) is 15.5. The van der Waals surface area contributed by atoms with Gasteiger partial charge in [-0.2, -0.15) is 15.2 Å². The molecule has 1 fully saturated rings. The van der Waals surface area contributed by atoms with E-state index in [2.05, 4.69) is 32.6 Å². The zero-order chi connectivity index (χ0) is 25.6. The number of nitrogen functional groups attached to an aromatic ring is 2. The highest BCUT2D eigenvalue weighted by atomic mass is 127. The highest BCUT2D eigenvalue weighted by molar-refractivity contribution is 14.1. The molecular weight excluding hydrogens is 581 g/mol. The molecule has 0 spiro atoms. The Labute approximate surface area is 217 Å². The molecule has 4 N–H and O–H groups in total. The van der Waals surface area contributed by atoms with Crippen LogP contribution in [0.25, 0.3) is 16.6 Å². The van der Waals surface area contributed by atoms with E-state index in [1.165, 1.54) is 22.8 Å². The Hall–Kier alpha value is -3.86. The van der Waals surface area contributed by atoms with Gasteiger partial charge in [0.25, 0.3) is 12.0 Å². The predicted molar refractivity (Wildman–Crippen MR) is 140 cm³/mol. The van der Waals surface area contributed by atoms with Crippen LogP contribution < -0.4 is 21.9 Å². The molecule has 1 atom stereocenters. The molecule has 0 bridgehead atoms. The lowest BCUT2D eigenvalue weighted by Crippen LogP contribution is -2.32. The summed E-state index contributed by atoms with van der Waals surface area (Å²) in [5, 5.41) is 10.1. The zero-order valence-electron chi connectivity index (χ0n) is 18.7. The number of nitriles is 1. The van der Waals surface area contributed by atoms with Crippen molar-refractivity contribution in [1.29, 1.82) is 5.26 Å². The third-order valence-corrected chi connectivity index (χ3v) is 7.00. The number of alkyl halides is 2. The van der Waals surface area contributed by atoms with Crippen LogP contribution in [0.15, 0.2) is 47.3 Å². The first-order valence-electron chi connectivity index (χ1n) is 11.0. The summed E-state index contributed by atoms with van der Waals surface area (Å²) < 4.78 is 29.2. The lowest BCUT2D eigenvalue weighted by atomic mass is 10.1. The van der Waals surface area contributed by atoms with Gasteiger partial charge in [-0.15, -0.1) is 0 Å². The van der Waals surface area contributed by atoms with E-state index < -0.39 is 12.5 Å². The van der Waals surface area contributed by atoms with Crippen LogP contribution in [0.2, 0.25) is 0 Å². The monoisotopic (exact) mass is 600 g/mol. The molecule has 1 aliphatic rings. The molecule has 0 amide bonds. The summed E-state index contributed by atoms with van der Waals surface area (Å²) in [6.07, 6.45) is -1.42. The first-order chi connectivity index (χ1) is 17.3. The van der Waals surface area contributed by atoms with Crippen molar-refractivity contribution in [3.63, 3.8) is 0 Å². The lowest BCUT2D eigenvalue weighted by Gasteiger charge is -2.28. The highest BCUT2D eigenvalue weighted by Crippen LogP contribution is 2.38. The maximum absolute atomic E-state index is 13.8. The molecule has 3 heterocycles. The summed E-state index contributed by atoms with van der Waals surface area (Å²) in [7, 11) is 0. The maximum atomic E-state index is 13.8. The average Bonchev–Trinajstić information content (AvgIpc) is 3.34. The van der Waals surface area contributed by atoms with Gasteiger partial charge in [0, 0.05) is 15.7 Å². The van der Waals surface area contributed by atoms with Crippen LogP contribution in [0.1, 0.15) is 42.3 Å². The largest absolute Gasteiger partial charge is 0.382 e. The Bertz CT molecular complexity index is 1600. The van der Waals surface area contributed by atoms with Crippen LogP contribution in [0.4, 0.5) is 26.4 Å². The molecule has 0 aliphatic carbocycles. The van der Waals surface area contributed by atoms with Crippen molar-refractivity contribution in [2.24, 2.45) is 0 Å². The summed E-state index contributed by atoms with van der Waals surface area (Å²) in [4.78, 5) is 28.7. The minimum absolute atomic E-state index is 0.0475. The number of rotatable bonds is 4. The van der Waals surface area contributed by atoms with Crippen molar-refractivity contribution >= 4 is 51.1 Å². The van der Waals surface area contributed by atoms with Crippen LogP contribution in [-0.4, -0.2) is 26.1 Å². The molecule has 9 nitrogen and oxygen atoms in total. The number of nitrogens with two attached hydrogens (primary N) is 2. The Morgan fingerprint density at radius 2 is 1.92 bits per heavy atom. The van der Waals surface area contributed by atoms with Crippen LogP contribution in [0, 0.1) is 14.9 Å². The minimum atomic E-state index is -2.70. The van der Waals surface area contributed by atoms with E-state index in [1.807, 2.05) is 17.0 Å². The van der Waals surface area contributed by atoms with Gasteiger partial charge in [-0.05, 0) is 59.7 Å². The van der Waals surface area contributed by atoms with Gasteiger partial charge >= 0.3 is 0 Å². The Morgan fingerprint density at radius 1 is 1.14 bits per heavy atom. The van der Waals surface area contributed by atoms with Crippen molar-refractivity contribution in [1.82, 2.24) is 19.5 Å². The molecule has 1 saturated heterocycles. The van der Waals surface area contributed by atoms with E-state index in [1.54, 1.807) is 18.2 Å². The van der Waals surface area contributed by atoms with Gasteiger partial charge in [0.05, 0.1) is 22.6 Å². The average molecular weight is 600 g/mol. The molecule has 2 aromatic carbocycles. The van der Waals surface area contributed by atoms with Gasteiger partial charge in [0.1, 0.15) is 23.3 Å². The first kappa shape index (κ1) is 23.9. The molecule has 1 aliphatic heterocycles. The van der Waals surface area contributed by atoms with Gasteiger partial charge in [-0.1, -0.05) is 18.2 Å². The standard InChI is InChI=1S/C24H19F2IN8O/c25-19(26)12-4-1-5-13(10-12)35-22(31-18-14(23(35)36)6-2-7-16(18)27)17-8-3-9-34(17)21-15(11-28)20(29)32-24(30)33-21/h1-2,4-7,10,17,19H,3,8-9H2,(H4,29,30,32,33)/t17-/m0/s1. The van der Waals surface area contributed by atoms with Gasteiger partial charge < -0.3 is 16.4 Å². The van der Waals surface area contributed by atoms with E-state index in [4.69, 9.17) is 16.5 Å². The molecule has 182 valence electrons. The number of hydrogen-bond acceptors (Lipinski definition) is 8. The lowest BCUT2D eigenvalue weighted by molar-refractivity contribution is 0.151. The van der Waals surface area contributed by atoms with Crippen LogP contribution in [-0.2, 0) is 0 Å². The molecule has 5 rings (SSSR count). The number of aromatic nitrogens is 4. The second-order valence-corrected chi connectivity index (χ2v) is 9.43. The third-order valence-electron chi connectivity index (χ3n) is 6.13. The first-order valence-corrected chi connectivity index (χ1v) is 12.1. The van der Waals surface area contributed by atoms with Crippen molar-refractivity contribution in [3.05, 3.63) is 73.3 Å². The van der Waals surface area contributed by atoms with E-state index in [0.717, 1.165) is 3.57 Å². The Kier molecular flexibility index (Phi) is 6.17. The molecular formula is C24H19F2IN8O. The topological polar surface area (TPSA) is 140 Å². The van der Waals surface area contributed by atoms with Crippen LogP contribution in [0.3, 0.4) is 0 Å². The van der Waals surface area contributed by atoms with Gasteiger partial charge in [-0.25, -0.2) is 13.8 Å². The second kappa shape index (κ2) is 9.30. The number of para-hydroxylation sites is 1. The number of fused-ring (bicyclic) bond motifs is 1. The summed E-state index contributed by atoms with van der Waals surface area (Å²) in [6.45, 7) is 0.492. The maximum Gasteiger partial charge on any atom is 0.266 e. The van der Waals surface area contributed by atoms with E-state index in [0.29, 0.717) is 36.1 Å². The minimum Gasteiger partial charge on any atom is -0.382 e. The third kappa shape index (κ3) is 3.98. The molecule has 0 unspecified atom stereocenters. The summed E-state index contributed by atoms with van der Waals surface area (Å²) in [6, 6.07) is 12.5. The van der Waals surface area contributed by atoms with Gasteiger partial charge in [0.2, 0.25) is 5.95 Å². The van der Waals surface area contributed by atoms with E-state index in [-0.39, 0.29) is 40.0 Å². The fourth-order valence-electron chi connectivity index (χ4n) is 4.55. The number of anilines is 3. The van der Waals surface area contributed by atoms with Crippen molar-refractivity contribution < 1.29 is 8.78 Å². The smallest absolute Gasteiger partial charge is 0.266 e. The molecule has 0 radical (unpaired) electrons. The molecule has 4 aromatic rings. The molecule has 12 heteroatoms. The summed E-state index contributed by atoms with van der Waals surface area (Å²) >= 11 is 2.11. The van der Waals surface area contributed by atoms with E-state index >= 15 is 0 Å². The number of halogens is 3. The fraction of sp³-hybridized carbons (Fsp3) is 0.208. The Balaban J connectivity index is 1.79. The van der Waals surface area contributed by atoms with Crippen LogP contribution >= 0.6 is 22.6 Å². The molecule has 36 heavy (non-hydrogen) atoms. The Morgan fingerprint density at radius 3 is 2.67 bits per heavy atom. The fourth-order valence-corrected chi connectivity index (χ4v) is 5.17.